The second-order valence-electron chi connectivity index (χ2n) is 11.9. The number of hydrogen-bond acceptors (Lipinski definition) is 3. The molecule has 0 N–H and O–H groups in total. The lowest BCUT2D eigenvalue weighted by molar-refractivity contribution is 1.08. The van der Waals surface area contributed by atoms with E-state index in [0.29, 0.717) is 0 Å². The summed E-state index contributed by atoms with van der Waals surface area (Å²) in [7, 11) is 0. The maximum absolute atomic E-state index is 5.15. The first-order chi connectivity index (χ1) is 23.8. The topological polar surface area (TPSA) is 34.0 Å². The first-order valence-electron chi connectivity index (χ1n) is 16.2. The zero-order valence-corrected chi connectivity index (χ0v) is 26.1. The highest BCUT2D eigenvalue weighted by atomic mass is 15.2. The molecule has 226 valence electrons. The van der Waals surface area contributed by atoms with Crippen LogP contribution in [0.2, 0.25) is 0 Å². The van der Waals surface area contributed by atoms with Gasteiger partial charge in [-0.15, -0.1) is 0 Å². The van der Waals surface area contributed by atoms with Gasteiger partial charge < -0.3 is 4.90 Å². The fourth-order valence-electron chi connectivity index (χ4n) is 6.84. The number of nitrogens with zero attached hydrogens (tertiary/aromatic N) is 4. The van der Waals surface area contributed by atoms with Crippen molar-refractivity contribution in [2.45, 2.75) is 0 Å². The van der Waals surface area contributed by atoms with Gasteiger partial charge in [0.1, 0.15) is 11.3 Å². The standard InChI is InChI=1S/C44H30N4/c1-2-13-31(14-3-1)38-21-8-9-23-42(38)48-43(46-39-22-12-30-45-44(39)48)34-26-28-35(29-27-34)47(40-24-10-17-32-15-4-6-19-36(32)40)41-25-11-18-33-16-5-7-20-37(33)41/h1-30H. The molecule has 0 saturated heterocycles. The van der Waals surface area contributed by atoms with Crippen molar-refractivity contribution in [1.82, 2.24) is 14.5 Å². The van der Waals surface area contributed by atoms with E-state index in [9.17, 15) is 0 Å². The van der Waals surface area contributed by atoms with Crippen molar-refractivity contribution in [3.05, 3.63) is 182 Å². The number of anilines is 3. The number of benzene rings is 7. The molecule has 0 radical (unpaired) electrons. The van der Waals surface area contributed by atoms with E-state index in [1.54, 1.807) is 0 Å². The lowest BCUT2D eigenvalue weighted by Gasteiger charge is -2.28. The van der Waals surface area contributed by atoms with Gasteiger partial charge in [-0.2, -0.15) is 0 Å². The Morgan fingerprint density at radius 1 is 0.458 bits per heavy atom. The molecule has 0 aliphatic carbocycles. The Morgan fingerprint density at radius 3 is 1.77 bits per heavy atom. The van der Waals surface area contributed by atoms with Crippen LogP contribution in [0.5, 0.6) is 0 Å². The number of fused-ring (bicyclic) bond motifs is 3. The number of hydrogen-bond donors (Lipinski definition) is 0. The maximum Gasteiger partial charge on any atom is 0.164 e. The van der Waals surface area contributed by atoms with Crippen molar-refractivity contribution in [3.63, 3.8) is 0 Å². The SMILES string of the molecule is c1ccc(-c2ccccc2-n2c(-c3ccc(N(c4cccc5ccccc45)c4cccc5ccccc45)cc3)nc3cccnc32)cc1. The summed E-state index contributed by atoms with van der Waals surface area (Å²) in [5, 5.41) is 4.80. The lowest BCUT2D eigenvalue weighted by Crippen LogP contribution is -2.11. The van der Waals surface area contributed by atoms with Crippen LogP contribution >= 0.6 is 0 Å². The zero-order valence-electron chi connectivity index (χ0n) is 26.1. The van der Waals surface area contributed by atoms with E-state index in [-0.39, 0.29) is 0 Å². The Morgan fingerprint density at radius 2 is 1.06 bits per heavy atom. The van der Waals surface area contributed by atoms with Gasteiger partial charge in [0.2, 0.25) is 0 Å². The summed E-state index contributed by atoms with van der Waals surface area (Å²) in [6, 6.07) is 62.0. The van der Waals surface area contributed by atoms with Crippen molar-refractivity contribution in [2.75, 3.05) is 4.90 Å². The minimum absolute atomic E-state index is 0.827. The first-order valence-corrected chi connectivity index (χ1v) is 16.2. The molecule has 4 heteroatoms. The third-order valence-electron chi connectivity index (χ3n) is 9.04. The van der Waals surface area contributed by atoms with E-state index < -0.39 is 0 Å². The van der Waals surface area contributed by atoms with E-state index in [2.05, 4.69) is 167 Å². The Kier molecular flexibility index (Phi) is 6.76. The number of pyridine rings is 1. The van der Waals surface area contributed by atoms with Crippen LogP contribution in [-0.2, 0) is 0 Å². The van der Waals surface area contributed by atoms with Gasteiger partial charge in [-0.3, -0.25) is 4.57 Å². The molecule has 2 heterocycles. The molecule has 9 aromatic rings. The molecule has 0 amide bonds. The van der Waals surface area contributed by atoms with Gasteiger partial charge in [0, 0.05) is 33.8 Å². The van der Waals surface area contributed by atoms with Crippen LogP contribution in [0.25, 0.3) is 60.9 Å². The minimum atomic E-state index is 0.827. The zero-order chi connectivity index (χ0) is 31.9. The molecule has 0 bridgehead atoms. The summed E-state index contributed by atoms with van der Waals surface area (Å²) in [5.41, 5.74) is 9.33. The van der Waals surface area contributed by atoms with Crippen LogP contribution in [0, 0.1) is 0 Å². The van der Waals surface area contributed by atoms with Crippen LogP contribution < -0.4 is 4.90 Å². The molecule has 0 unspecified atom stereocenters. The molecule has 9 rings (SSSR count). The third-order valence-corrected chi connectivity index (χ3v) is 9.04. The molecule has 48 heavy (non-hydrogen) atoms. The van der Waals surface area contributed by atoms with Gasteiger partial charge in [-0.05, 0) is 70.9 Å². The maximum atomic E-state index is 5.15. The normalized spacial score (nSPS) is 11.3. The highest BCUT2D eigenvalue weighted by Crippen LogP contribution is 2.42. The highest BCUT2D eigenvalue weighted by Gasteiger charge is 2.21. The van der Waals surface area contributed by atoms with Crippen molar-refractivity contribution in [2.24, 2.45) is 0 Å². The molecule has 0 fully saturated rings. The molecule has 2 aromatic heterocycles. The quantitative estimate of drug-likeness (QED) is 0.187. The largest absolute Gasteiger partial charge is 0.309 e. The van der Waals surface area contributed by atoms with Crippen LogP contribution in [0.15, 0.2) is 182 Å². The van der Waals surface area contributed by atoms with Gasteiger partial charge >= 0.3 is 0 Å². The Bertz CT molecular complexity index is 2480. The Balaban J connectivity index is 1.23. The van der Waals surface area contributed by atoms with E-state index >= 15 is 0 Å². The smallest absolute Gasteiger partial charge is 0.164 e. The average molecular weight is 615 g/mol. The summed E-state index contributed by atoms with van der Waals surface area (Å²) >= 11 is 0. The fourth-order valence-corrected chi connectivity index (χ4v) is 6.84. The van der Waals surface area contributed by atoms with Gasteiger partial charge in [-0.25, -0.2) is 9.97 Å². The van der Waals surface area contributed by atoms with Gasteiger partial charge in [0.25, 0.3) is 0 Å². The Hall–Kier alpha value is -6.52. The summed E-state index contributed by atoms with van der Waals surface area (Å²) in [4.78, 5) is 12.3. The number of aromatic nitrogens is 3. The number of imidazole rings is 1. The number of para-hydroxylation sites is 1. The monoisotopic (exact) mass is 614 g/mol. The molecule has 7 aromatic carbocycles. The van der Waals surface area contributed by atoms with Gasteiger partial charge in [0.05, 0.1) is 17.1 Å². The average Bonchev–Trinajstić information content (AvgIpc) is 3.55. The molecular weight excluding hydrogens is 585 g/mol. The van der Waals surface area contributed by atoms with Crippen LogP contribution in [0.1, 0.15) is 0 Å². The summed E-state index contributed by atoms with van der Waals surface area (Å²) in [6.07, 6.45) is 1.84. The molecule has 0 aliphatic heterocycles. The Labute approximate surface area is 278 Å². The van der Waals surface area contributed by atoms with E-state index in [1.165, 1.54) is 21.5 Å². The summed E-state index contributed by atoms with van der Waals surface area (Å²) in [5.74, 6) is 0.848. The summed E-state index contributed by atoms with van der Waals surface area (Å²) < 4.78 is 2.19. The molecule has 0 atom stereocenters. The minimum Gasteiger partial charge on any atom is -0.309 e. The van der Waals surface area contributed by atoms with E-state index in [4.69, 9.17) is 9.97 Å². The van der Waals surface area contributed by atoms with Crippen molar-refractivity contribution in [1.29, 1.82) is 0 Å². The second-order valence-corrected chi connectivity index (χ2v) is 11.9. The molecule has 0 saturated carbocycles. The molecule has 0 aliphatic rings. The third kappa shape index (κ3) is 4.70. The predicted molar refractivity (Wildman–Crippen MR) is 199 cm³/mol. The lowest BCUT2D eigenvalue weighted by atomic mass is 10.0. The van der Waals surface area contributed by atoms with Crippen molar-refractivity contribution < 1.29 is 0 Å². The molecule has 0 spiro atoms. The van der Waals surface area contributed by atoms with Crippen molar-refractivity contribution >= 4 is 49.8 Å². The second kappa shape index (κ2) is 11.7. The molecular formula is C44H30N4. The van der Waals surface area contributed by atoms with Crippen LogP contribution in [-0.4, -0.2) is 14.5 Å². The van der Waals surface area contributed by atoms with Gasteiger partial charge in [-0.1, -0.05) is 121 Å². The van der Waals surface area contributed by atoms with E-state index in [1.807, 2.05) is 24.4 Å². The van der Waals surface area contributed by atoms with Crippen LogP contribution in [0.4, 0.5) is 17.1 Å². The first kappa shape index (κ1) is 27.8. The summed E-state index contributed by atoms with van der Waals surface area (Å²) in [6.45, 7) is 0. The fraction of sp³-hybridized carbons (Fsp3) is 0. The number of rotatable bonds is 6. The van der Waals surface area contributed by atoms with Crippen molar-refractivity contribution in [3.8, 4) is 28.2 Å². The van der Waals surface area contributed by atoms with Gasteiger partial charge in [0.15, 0.2) is 5.65 Å². The predicted octanol–water partition coefficient (Wildman–Crippen LogP) is 11.5. The highest BCUT2D eigenvalue weighted by molar-refractivity contribution is 6.04. The van der Waals surface area contributed by atoms with Crippen LogP contribution in [0.3, 0.4) is 0 Å². The van der Waals surface area contributed by atoms with E-state index in [0.717, 1.165) is 56.4 Å². The molecule has 4 nitrogen and oxygen atoms in total.